The molecule has 0 aliphatic carbocycles. The number of nitrogens with zero attached hydrogens (tertiary/aromatic N) is 1. The Morgan fingerprint density at radius 2 is 1.79 bits per heavy atom. The summed E-state index contributed by atoms with van der Waals surface area (Å²) in [7, 11) is 0. The summed E-state index contributed by atoms with van der Waals surface area (Å²) in [6, 6.07) is 0. The molecule has 0 N–H and O–H groups in total. The summed E-state index contributed by atoms with van der Waals surface area (Å²) < 4.78 is 0. The predicted octanol–water partition coefficient (Wildman–Crippen LogP) is 3.97. The number of rotatable bonds is 5. The SMILES string of the molecule is C=NC(=[C-]CC)CCCC.CC.[CH2]=[W]. The van der Waals surface area contributed by atoms with Gasteiger partial charge in [-0.2, -0.15) is 6.42 Å². The molecule has 0 saturated carbocycles. The van der Waals surface area contributed by atoms with Crippen molar-refractivity contribution in [1.29, 1.82) is 0 Å². The van der Waals surface area contributed by atoms with Gasteiger partial charge in [0.15, 0.2) is 0 Å². The number of allylic oxidation sites excluding steroid dienone is 2. The van der Waals surface area contributed by atoms with Crippen molar-refractivity contribution >= 4 is 11.6 Å². The first-order chi connectivity index (χ1) is 6.85. The van der Waals surface area contributed by atoms with Crippen LogP contribution in [0.25, 0.3) is 0 Å². The van der Waals surface area contributed by atoms with Gasteiger partial charge in [0.2, 0.25) is 0 Å². The number of hydrogen-bond donors (Lipinski definition) is 0. The van der Waals surface area contributed by atoms with Gasteiger partial charge in [0.25, 0.3) is 0 Å². The molecule has 0 unspecified atom stereocenters. The van der Waals surface area contributed by atoms with Crippen LogP contribution in [0.15, 0.2) is 10.7 Å². The molecule has 1 nitrogen and oxygen atoms in total. The second kappa shape index (κ2) is 23.1. The molecule has 0 radical (unpaired) electrons. The van der Waals surface area contributed by atoms with E-state index in [1.807, 2.05) is 13.8 Å². The molecule has 0 aliphatic rings. The summed E-state index contributed by atoms with van der Waals surface area (Å²) in [5, 5.41) is 0. The van der Waals surface area contributed by atoms with Crippen molar-refractivity contribution in [2.24, 2.45) is 4.99 Å². The Kier molecular flexibility index (Phi) is 32.2. The molecule has 0 atom stereocenters. The zero-order valence-electron chi connectivity index (χ0n) is 10.1. The first-order valence-electron chi connectivity index (χ1n) is 5.20. The summed E-state index contributed by atoms with van der Waals surface area (Å²) in [5.74, 6) is 0. The van der Waals surface area contributed by atoms with Gasteiger partial charge in [-0.25, -0.2) is 0 Å². The van der Waals surface area contributed by atoms with Crippen LogP contribution in [-0.2, 0) is 19.4 Å². The zero-order chi connectivity index (χ0) is 11.8. The van der Waals surface area contributed by atoms with E-state index < -0.39 is 0 Å². The monoisotopic (exact) mass is 366 g/mol. The molecular weight excluding hydrogens is 342 g/mol. The third-order valence-corrected chi connectivity index (χ3v) is 1.34. The minimum absolute atomic E-state index is 0.943. The van der Waals surface area contributed by atoms with Gasteiger partial charge in [-0.05, 0) is 13.1 Å². The maximum atomic E-state index is 3.87. The fourth-order valence-corrected chi connectivity index (χ4v) is 0.772. The summed E-state index contributed by atoms with van der Waals surface area (Å²) in [4.78, 5) is 7.20. The van der Waals surface area contributed by atoms with Crippen LogP contribution in [0.2, 0.25) is 0 Å². The molecule has 0 heterocycles. The van der Waals surface area contributed by atoms with E-state index >= 15 is 0 Å². The molecule has 0 aromatic carbocycles. The molecule has 0 aromatic rings. The Bertz CT molecular complexity index is 130. The van der Waals surface area contributed by atoms with Crippen LogP contribution in [0.4, 0.5) is 0 Å². The normalized spacial score (nSPS) is 9.00. The first-order valence-corrected chi connectivity index (χ1v) is 7.27. The van der Waals surface area contributed by atoms with Crippen LogP contribution in [0.3, 0.4) is 0 Å². The van der Waals surface area contributed by atoms with E-state index in [2.05, 4.69) is 36.5 Å². The first kappa shape index (κ1) is 19.5. The van der Waals surface area contributed by atoms with Crippen molar-refractivity contribution in [1.82, 2.24) is 0 Å². The van der Waals surface area contributed by atoms with Gasteiger partial charge in [0.1, 0.15) is 0 Å². The summed E-state index contributed by atoms with van der Waals surface area (Å²) in [6.45, 7) is 11.7. The third-order valence-electron chi connectivity index (χ3n) is 1.34. The van der Waals surface area contributed by atoms with Crippen molar-refractivity contribution in [3.8, 4) is 0 Å². The standard InChI is InChI=1S/C9H16N.C2H6.CH2.W/c1-4-6-8-9(10-3)7-5-2;1-2;;/h3-6,8H2,1-2H3;1-2H3;1H2;/q-1;;;. The molecule has 0 aliphatic heterocycles. The van der Waals surface area contributed by atoms with E-state index in [4.69, 9.17) is 0 Å². The predicted molar refractivity (Wildman–Crippen MR) is 64.6 cm³/mol. The van der Waals surface area contributed by atoms with Crippen LogP contribution < -0.4 is 0 Å². The zero-order valence-corrected chi connectivity index (χ0v) is 13.0. The van der Waals surface area contributed by atoms with Crippen molar-refractivity contribution < 1.29 is 19.4 Å². The Hall–Kier alpha value is -0.0317. The van der Waals surface area contributed by atoms with E-state index in [1.165, 1.54) is 32.2 Å². The molecule has 0 amide bonds. The molecular formula is C12H24NW-. The summed E-state index contributed by atoms with van der Waals surface area (Å²) >= 11 is 1.33. The van der Waals surface area contributed by atoms with Crippen LogP contribution in [0, 0.1) is 6.08 Å². The Morgan fingerprint density at radius 1 is 1.29 bits per heavy atom. The van der Waals surface area contributed by atoms with Gasteiger partial charge in [0, 0.05) is 0 Å². The number of unbranched alkanes of at least 4 members (excludes halogenated alkanes) is 1. The van der Waals surface area contributed by atoms with Gasteiger partial charge in [0.05, 0.1) is 0 Å². The maximum absolute atomic E-state index is 3.87. The van der Waals surface area contributed by atoms with Gasteiger partial charge < -0.3 is 11.1 Å². The second-order valence-corrected chi connectivity index (χ2v) is 2.24. The van der Waals surface area contributed by atoms with Gasteiger partial charge in [-0.1, -0.05) is 40.5 Å². The molecule has 0 bridgehead atoms. The molecule has 14 heavy (non-hydrogen) atoms. The van der Waals surface area contributed by atoms with E-state index in [0.717, 1.165) is 18.5 Å². The Morgan fingerprint density at radius 3 is 2.07 bits per heavy atom. The number of aliphatic imine (C=N–C) groups is 1. The van der Waals surface area contributed by atoms with Crippen LogP contribution in [0.1, 0.15) is 53.4 Å². The van der Waals surface area contributed by atoms with Crippen LogP contribution in [-0.4, -0.2) is 11.6 Å². The quantitative estimate of drug-likeness (QED) is 0.516. The molecule has 84 valence electrons. The average molecular weight is 366 g/mol. The summed E-state index contributed by atoms with van der Waals surface area (Å²) in [6.07, 6.45) is 7.54. The molecule has 2 heteroatoms. The van der Waals surface area contributed by atoms with Gasteiger partial charge >= 0.3 is 24.3 Å². The topological polar surface area (TPSA) is 12.4 Å². The fourth-order valence-electron chi connectivity index (χ4n) is 0.772. The van der Waals surface area contributed by atoms with Gasteiger partial charge in [-0.15, -0.1) is 5.70 Å². The molecule has 0 rings (SSSR count). The fraction of sp³-hybridized carbons (Fsp3) is 0.667. The Labute approximate surface area is 101 Å². The molecule has 0 saturated heterocycles. The van der Waals surface area contributed by atoms with E-state index in [0.29, 0.717) is 0 Å². The van der Waals surface area contributed by atoms with Crippen LogP contribution in [0.5, 0.6) is 0 Å². The molecule has 0 fully saturated rings. The minimum atomic E-state index is 0.943. The molecule has 0 aromatic heterocycles. The van der Waals surface area contributed by atoms with Crippen molar-refractivity contribution in [3.05, 3.63) is 11.8 Å². The van der Waals surface area contributed by atoms with E-state index in [1.54, 1.807) is 0 Å². The van der Waals surface area contributed by atoms with E-state index in [-0.39, 0.29) is 0 Å². The average Bonchev–Trinajstić information content (AvgIpc) is 2.29. The second-order valence-electron chi connectivity index (χ2n) is 2.24. The van der Waals surface area contributed by atoms with E-state index in [9.17, 15) is 0 Å². The van der Waals surface area contributed by atoms with Crippen molar-refractivity contribution in [2.45, 2.75) is 53.4 Å². The van der Waals surface area contributed by atoms with Crippen molar-refractivity contribution in [3.63, 3.8) is 0 Å². The van der Waals surface area contributed by atoms with Crippen LogP contribution >= 0.6 is 0 Å². The van der Waals surface area contributed by atoms with Crippen molar-refractivity contribution in [2.75, 3.05) is 0 Å². The Balaban J connectivity index is -0.000000266. The third kappa shape index (κ3) is 17.9. The number of hydrogen-bond acceptors (Lipinski definition) is 1. The summed E-state index contributed by atoms with van der Waals surface area (Å²) in [5.41, 5.74) is 1.03. The van der Waals surface area contributed by atoms with Gasteiger partial charge in [-0.3, -0.25) is 0 Å². The molecule has 0 spiro atoms.